The summed E-state index contributed by atoms with van der Waals surface area (Å²) in [6.45, 7) is 5.42. The zero-order chi connectivity index (χ0) is 27.7. The smallest absolute Gasteiger partial charge is 0.229 e. The molecule has 0 bridgehead atoms. The summed E-state index contributed by atoms with van der Waals surface area (Å²) in [6, 6.07) is 20.7. The first-order chi connectivity index (χ1) is 19.5. The van der Waals surface area contributed by atoms with Crippen LogP contribution >= 0.6 is 0 Å². The summed E-state index contributed by atoms with van der Waals surface area (Å²) in [6.07, 6.45) is -1.93. The second-order valence-electron chi connectivity index (χ2n) is 10.5. The number of aromatic nitrogens is 4. The van der Waals surface area contributed by atoms with Crippen molar-refractivity contribution in [2.75, 3.05) is 42.9 Å². The first kappa shape index (κ1) is 26.6. The van der Waals surface area contributed by atoms with E-state index < -0.39 is 24.2 Å². The molecule has 4 heterocycles. The molecule has 2 aliphatic rings. The number of aliphatic hydroxyl groups excluding tert-OH is 3. The van der Waals surface area contributed by atoms with Gasteiger partial charge in [-0.15, -0.1) is 0 Å². The monoisotopic (exact) mass is 545 g/mol. The maximum atomic E-state index is 10.8. The largest absolute Gasteiger partial charge is 0.385 e. The maximum absolute atomic E-state index is 10.8. The van der Waals surface area contributed by atoms with Gasteiger partial charge in [0.25, 0.3) is 0 Å². The number of anilines is 2. The summed E-state index contributed by atoms with van der Waals surface area (Å²) in [4.78, 5) is 16.5. The molecule has 0 spiro atoms. The number of nitrogens with zero attached hydrogens (tertiary/aromatic N) is 5. The van der Waals surface area contributed by atoms with Crippen molar-refractivity contribution in [3.63, 3.8) is 0 Å². The highest BCUT2D eigenvalue weighted by Crippen LogP contribution is 2.37. The van der Waals surface area contributed by atoms with Crippen molar-refractivity contribution in [1.29, 1.82) is 0 Å². The van der Waals surface area contributed by atoms with Gasteiger partial charge < -0.3 is 35.6 Å². The predicted octanol–water partition coefficient (Wildman–Crippen LogP) is 1.61. The van der Waals surface area contributed by atoms with Gasteiger partial charge in [0.05, 0.1) is 6.33 Å². The van der Waals surface area contributed by atoms with Crippen LogP contribution in [0.3, 0.4) is 0 Å². The molecule has 2 aliphatic heterocycles. The average Bonchev–Trinajstić information content (AvgIpc) is 3.35. The summed E-state index contributed by atoms with van der Waals surface area (Å²) < 4.78 is 7.23. The number of ether oxygens (including phenoxy) is 1. The Kier molecular flexibility index (Phi) is 7.39. The third-order valence-electron chi connectivity index (χ3n) is 7.89. The minimum atomic E-state index is -1.54. The number of benzene rings is 2. The van der Waals surface area contributed by atoms with Crippen LogP contribution in [0.15, 0.2) is 67.0 Å². The summed E-state index contributed by atoms with van der Waals surface area (Å²) in [5, 5.41) is 38.2. The van der Waals surface area contributed by atoms with Gasteiger partial charge >= 0.3 is 0 Å². The summed E-state index contributed by atoms with van der Waals surface area (Å²) in [7, 11) is 0. The molecule has 2 aromatic heterocycles. The van der Waals surface area contributed by atoms with Crippen LogP contribution in [0, 0.1) is 0 Å². The van der Waals surface area contributed by atoms with E-state index in [2.05, 4.69) is 44.8 Å². The van der Waals surface area contributed by atoms with Gasteiger partial charge in [-0.25, -0.2) is 4.98 Å². The van der Waals surface area contributed by atoms with E-state index in [0.29, 0.717) is 29.5 Å². The number of hydrogen-bond donors (Lipinski definition) is 5. The van der Waals surface area contributed by atoms with E-state index in [0.717, 1.165) is 32.6 Å². The number of nitrogens with one attached hydrogen (secondary N) is 2. The zero-order valence-corrected chi connectivity index (χ0v) is 22.4. The average molecular weight is 546 g/mol. The minimum absolute atomic E-state index is 0.0585. The molecule has 11 heteroatoms. The molecule has 2 fully saturated rings. The Morgan fingerprint density at radius 3 is 2.35 bits per heavy atom. The maximum Gasteiger partial charge on any atom is 0.229 e. The van der Waals surface area contributed by atoms with Gasteiger partial charge in [-0.1, -0.05) is 60.7 Å². The van der Waals surface area contributed by atoms with Gasteiger partial charge in [-0.2, -0.15) is 9.97 Å². The highest BCUT2D eigenvalue weighted by atomic mass is 16.7. The SMILES string of the molecule is C[C@@]1(n2cnc3c(NCC(c4ccccc4)c4ccccc4)nc(N4CCCNCC4)nc32)O[C@@H](O)[C@@H](O)[C@H]1O. The minimum Gasteiger partial charge on any atom is -0.385 e. The Balaban J connectivity index is 1.41. The lowest BCUT2D eigenvalue weighted by Crippen LogP contribution is -2.43. The number of imidazole rings is 1. The molecule has 0 amide bonds. The Bertz CT molecular complexity index is 1390. The molecular formula is C29H35N7O4. The third kappa shape index (κ3) is 4.91. The standard InChI is InChI=1S/C29H35N7O4/c1-29(24(38)23(37)27(39)40-29)36-18-32-22-25(33-28(34-26(22)36)35-15-8-13-30-14-16-35)31-17-21(19-9-4-2-5-10-19)20-11-6-3-7-12-20/h2-7,9-12,18,21,23-24,27,30,37-39H,8,13-17H2,1H3,(H,31,33,34)/t23-,24+,27+,29+/m0/s1. The fraction of sp³-hybridized carbons (Fsp3) is 0.414. The lowest BCUT2D eigenvalue weighted by molar-refractivity contribution is -0.186. The lowest BCUT2D eigenvalue weighted by Gasteiger charge is -2.29. The van der Waals surface area contributed by atoms with E-state index in [1.165, 1.54) is 17.5 Å². The van der Waals surface area contributed by atoms with E-state index in [1.807, 2.05) is 36.4 Å². The molecule has 0 aliphatic carbocycles. The van der Waals surface area contributed by atoms with Crippen LogP contribution in [-0.2, 0) is 10.5 Å². The topological polar surface area (TPSA) is 141 Å². The summed E-state index contributed by atoms with van der Waals surface area (Å²) >= 11 is 0. The second-order valence-corrected chi connectivity index (χ2v) is 10.5. The van der Waals surface area contributed by atoms with Crippen molar-refractivity contribution in [1.82, 2.24) is 24.8 Å². The Morgan fingerprint density at radius 2 is 1.70 bits per heavy atom. The molecular weight excluding hydrogens is 510 g/mol. The normalized spacial score (nSPS) is 25.4. The quantitative estimate of drug-likeness (QED) is 0.233. The van der Waals surface area contributed by atoms with Crippen molar-refractivity contribution in [2.24, 2.45) is 0 Å². The van der Waals surface area contributed by atoms with Gasteiger partial charge in [0.1, 0.15) is 12.2 Å². The van der Waals surface area contributed by atoms with Crippen molar-refractivity contribution in [3.8, 4) is 0 Å². The lowest BCUT2D eigenvalue weighted by atomic mass is 9.91. The predicted molar refractivity (Wildman–Crippen MR) is 151 cm³/mol. The van der Waals surface area contributed by atoms with E-state index in [9.17, 15) is 15.3 Å². The van der Waals surface area contributed by atoms with E-state index >= 15 is 0 Å². The van der Waals surface area contributed by atoms with Crippen molar-refractivity contribution < 1.29 is 20.1 Å². The molecule has 2 saturated heterocycles. The number of fused-ring (bicyclic) bond motifs is 1. The molecule has 4 atom stereocenters. The highest BCUT2D eigenvalue weighted by Gasteiger charge is 2.53. The van der Waals surface area contributed by atoms with Crippen LogP contribution in [0.4, 0.5) is 11.8 Å². The molecule has 2 aromatic carbocycles. The third-order valence-corrected chi connectivity index (χ3v) is 7.89. The molecule has 4 aromatic rings. The van der Waals surface area contributed by atoms with Crippen molar-refractivity contribution >= 4 is 22.9 Å². The number of hydrogen-bond acceptors (Lipinski definition) is 10. The van der Waals surface area contributed by atoms with Gasteiger partial charge in [-0.3, -0.25) is 4.57 Å². The molecule has 6 rings (SSSR count). The Hall–Kier alpha value is -3.61. The van der Waals surface area contributed by atoms with E-state index in [4.69, 9.17) is 14.7 Å². The fourth-order valence-corrected chi connectivity index (χ4v) is 5.58. The molecule has 40 heavy (non-hydrogen) atoms. The second kappa shape index (κ2) is 11.1. The zero-order valence-electron chi connectivity index (χ0n) is 22.4. The van der Waals surface area contributed by atoms with Gasteiger partial charge in [-0.05, 0) is 31.0 Å². The molecule has 0 saturated carbocycles. The van der Waals surface area contributed by atoms with Crippen LogP contribution in [-0.4, -0.2) is 86.1 Å². The molecule has 5 N–H and O–H groups in total. The Morgan fingerprint density at radius 1 is 1.00 bits per heavy atom. The Labute approximate surface area is 232 Å². The van der Waals surface area contributed by atoms with Crippen molar-refractivity contribution in [3.05, 3.63) is 78.1 Å². The molecule has 210 valence electrons. The van der Waals surface area contributed by atoms with Gasteiger partial charge in [0, 0.05) is 32.1 Å². The van der Waals surface area contributed by atoms with Crippen LogP contribution in [0.2, 0.25) is 0 Å². The van der Waals surface area contributed by atoms with Crippen LogP contribution < -0.4 is 15.5 Å². The fourth-order valence-electron chi connectivity index (χ4n) is 5.58. The van der Waals surface area contributed by atoms with Crippen LogP contribution in [0.1, 0.15) is 30.4 Å². The van der Waals surface area contributed by atoms with E-state index in [-0.39, 0.29) is 5.92 Å². The highest BCUT2D eigenvalue weighted by molar-refractivity contribution is 5.84. The van der Waals surface area contributed by atoms with Crippen LogP contribution in [0.5, 0.6) is 0 Å². The number of aliphatic hydroxyl groups is 3. The first-order valence-electron chi connectivity index (χ1n) is 13.7. The van der Waals surface area contributed by atoms with E-state index in [1.54, 1.807) is 11.5 Å². The molecule has 0 unspecified atom stereocenters. The summed E-state index contributed by atoms with van der Waals surface area (Å²) in [5.41, 5.74) is 1.81. The van der Waals surface area contributed by atoms with Gasteiger partial charge in [0.2, 0.25) is 5.95 Å². The van der Waals surface area contributed by atoms with Gasteiger partial charge in [0.15, 0.2) is 29.0 Å². The molecule has 0 radical (unpaired) electrons. The number of rotatable bonds is 7. The van der Waals surface area contributed by atoms with Crippen molar-refractivity contribution in [2.45, 2.75) is 43.5 Å². The first-order valence-corrected chi connectivity index (χ1v) is 13.7. The molecule has 11 nitrogen and oxygen atoms in total. The summed E-state index contributed by atoms with van der Waals surface area (Å²) in [5.74, 6) is 1.15. The van der Waals surface area contributed by atoms with Crippen LogP contribution in [0.25, 0.3) is 11.2 Å².